The molecule has 5 heteroatoms. The molecule has 4 nitrogen and oxygen atoms in total. The van der Waals surface area contributed by atoms with Crippen molar-refractivity contribution in [2.45, 2.75) is 19.8 Å². The number of amides is 1. The second-order valence-corrected chi connectivity index (χ2v) is 5.03. The number of benzene rings is 1. The third kappa shape index (κ3) is 3.56. The molecule has 0 aromatic heterocycles. The summed E-state index contributed by atoms with van der Waals surface area (Å²) >= 11 is 3.14. The molecule has 1 fully saturated rings. The van der Waals surface area contributed by atoms with Gasteiger partial charge in [-0.25, -0.2) is 0 Å². The average Bonchev–Trinajstić information content (AvgIpc) is 3.24. The van der Waals surface area contributed by atoms with Gasteiger partial charge >= 0.3 is 0 Å². The van der Waals surface area contributed by atoms with E-state index in [4.69, 9.17) is 4.74 Å². The van der Waals surface area contributed by atoms with Gasteiger partial charge in [-0.2, -0.15) is 0 Å². The summed E-state index contributed by atoms with van der Waals surface area (Å²) in [6, 6.07) is 5.10. The minimum Gasteiger partial charge on any atom is -0.492 e. The van der Waals surface area contributed by atoms with Crippen LogP contribution in [0.4, 0.5) is 5.69 Å². The Kier molecular flexibility index (Phi) is 4.58. The maximum atomic E-state index is 11.8. The van der Waals surface area contributed by atoms with Crippen LogP contribution < -0.4 is 10.1 Å². The predicted octanol–water partition coefficient (Wildman–Crippen LogP) is 3.01. The van der Waals surface area contributed by atoms with E-state index in [1.54, 1.807) is 18.2 Å². The number of ketones is 1. The SMILES string of the molecule is CCOc1cc(C(=O)CBr)ccc1NC(=O)C1CC1. The lowest BCUT2D eigenvalue weighted by Crippen LogP contribution is -2.14. The van der Waals surface area contributed by atoms with Crippen LogP contribution in [-0.4, -0.2) is 23.6 Å². The fourth-order valence-electron chi connectivity index (χ4n) is 1.73. The normalized spacial score (nSPS) is 14.0. The van der Waals surface area contributed by atoms with E-state index in [0.29, 0.717) is 23.6 Å². The van der Waals surface area contributed by atoms with E-state index in [1.807, 2.05) is 6.92 Å². The lowest BCUT2D eigenvalue weighted by Gasteiger charge is -2.12. The highest BCUT2D eigenvalue weighted by atomic mass is 79.9. The van der Waals surface area contributed by atoms with Crippen molar-refractivity contribution >= 4 is 33.3 Å². The number of alkyl halides is 1. The number of nitrogens with one attached hydrogen (secondary N) is 1. The van der Waals surface area contributed by atoms with Gasteiger partial charge in [0.2, 0.25) is 5.91 Å². The summed E-state index contributed by atoms with van der Waals surface area (Å²) in [5, 5.41) is 3.12. The molecule has 0 atom stereocenters. The van der Waals surface area contributed by atoms with Crippen molar-refractivity contribution in [3.8, 4) is 5.75 Å². The van der Waals surface area contributed by atoms with E-state index in [2.05, 4.69) is 21.2 Å². The summed E-state index contributed by atoms with van der Waals surface area (Å²) in [7, 11) is 0. The molecule has 0 unspecified atom stereocenters. The Hall–Kier alpha value is -1.36. The lowest BCUT2D eigenvalue weighted by molar-refractivity contribution is -0.117. The summed E-state index contributed by atoms with van der Waals surface area (Å²) < 4.78 is 5.49. The highest BCUT2D eigenvalue weighted by Gasteiger charge is 2.30. The van der Waals surface area contributed by atoms with Crippen molar-refractivity contribution in [1.29, 1.82) is 0 Å². The van der Waals surface area contributed by atoms with Gasteiger partial charge < -0.3 is 10.1 Å². The topological polar surface area (TPSA) is 55.4 Å². The summed E-state index contributed by atoms with van der Waals surface area (Å²) in [6.07, 6.45) is 1.91. The van der Waals surface area contributed by atoms with E-state index in [-0.39, 0.29) is 22.9 Å². The molecule has 102 valence electrons. The highest BCUT2D eigenvalue weighted by molar-refractivity contribution is 9.09. The largest absolute Gasteiger partial charge is 0.492 e. The molecule has 0 spiro atoms. The van der Waals surface area contributed by atoms with Crippen LogP contribution in [0.5, 0.6) is 5.75 Å². The first-order valence-corrected chi connectivity index (χ1v) is 7.44. The second kappa shape index (κ2) is 6.19. The fourth-order valence-corrected chi connectivity index (χ4v) is 2.06. The number of anilines is 1. The zero-order valence-corrected chi connectivity index (χ0v) is 12.3. The first-order valence-electron chi connectivity index (χ1n) is 6.32. The number of Topliss-reactive ketones (excluding diaryl/α,β-unsaturated/α-hetero) is 1. The Bertz CT molecular complexity index is 497. The molecule has 1 aliphatic rings. The Labute approximate surface area is 120 Å². The molecule has 1 amide bonds. The van der Waals surface area contributed by atoms with Crippen molar-refractivity contribution in [2.75, 3.05) is 17.3 Å². The third-order valence-electron chi connectivity index (χ3n) is 2.93. The van der Waals surface area contributed by atoms with Gasteiger partial charge in [0, 0.05) is 11.5 Å². The molecule has 0 radical (unpaired) electrons. The highest BCUT2D eigenvalue weighted by Crippen LogP contribution is 2.32. The summed E-state index contributed by atoms with van der Waals surface area (Å²) in [5.41, 5.74) is 1.20. The molecule has 0 saturated heterocycles. The average molecular weight is 326 g/mol. The van der Waals surface area contributed by atoms with E-state index >= 15 is 0 Å². The second-order valence-electron chi connectivity index (χ2n) is 4.46. The Morgan fingerprint density at radius 2 is 2.16 bits per heavy atom. The zero-order chi connectivity index (χ0) is 13.8. The Balaban J connectivity index is 2.20. The number of halogens is 1. The standard InChI is InChI=1S/C14H16BrNO3/c1-2-19-13-7-10(12(17)8-15)5-6-11(13)16-14(18)9-3-4-9/h5-7,9H,2-4,8H2,1H3,(H,16,18). The summed E-state index contributed by atoms with van der Waals surface area (Å²) in [4.78, 5) is 23.4. The molecule has 0 heterocycles. The predicted molar refractivity (Wildman–Crippen MR) is 77.1 cm³/mol. The van der Waals surface area contributed by atoms with Crippen LogP contribution >= 0.6 is 15.9 Å². The monoisotopic (exact) mass is 325 g/mol. The van der Waals surface area contributed by atoms with Crippen molar-refractivity contribution in [3.63, 3.8) is 0 Å². The van der Waals surface area contributed by atoms with Crippen molar-refractivity contribution in [3.05, 3.63) is 23.8 Å². The first kappa shape index (κ1) is 14.1. The summed E-state index contributed by atoms with van der Waals surface area (Å²) in [6.45, 7) is 2.35. The molecular weight excluding hydrogens is 310 g/mol. The Morgan fingerprint density at radius 3 is 2.74 bits per heavy atom. The van der Waals surface area contributed by atoms with Crippen molar-refractivity contribution < 1.29 is 14.3 Å². The molecule has 0 bridgehead atoms. The van der Waals surface area contributed by atoms with Gasteiger partial charge in [0.1, 0.15) is 5.75 Å². The maximum Gasteiger partial charge on any atom is 0.227 e. The first-order chi connectivity index (χ1) is 9.15. The van der Waals surface area contributed by atoms with Crippen molar-refractivity contribution in [2.24, 2.45) is 5.92 Å². The van der Waals surface area contributed by atoms with Crippen LogP contribution in [0.1, 0.15) is 30.1 Å². The van der Waals surface area contributed by atoms with Crippen molar-refractivity contribution in [1.82, 2.24) is 0 Å². The molecule has 1 aliphatic carbocycles. The fraction of sp³-hybridized carbons (Fsp3) is 0.429. The number of hydrogen-bond acceptors (Lipinski definition) is 3. The van der Waals surface area contributed by atoms with E-state index in [9.17, 15) is 9.59 Å². The van der Waals surface area contributed by atoms with E-state index in [0.717, 1.165) is 12.8 Å². The molecule has 1 aromatic carbocycles. The number of ether oxygens (including phenoxy) is 1. The minimum atomic E-state index is -0.0129. The van der Waals surface area contributed by atoms with Gasteiger partial charge in [-0.1, -0.05) is 15.9 Å². The lowest BCUT2D eigenvalue weighted by atomic mass is 10.1. The molecule has 19 heavy (non-hydrogen) atoms. The van der Waals surface area contributed by atoms with Gasteiger partial charge in [-0.15, -0.1) is 0 Å². The van der Waals surface area contributed by atoms with Crippen LogP contribution in [0, 0.1) is 5.92 Å². The zero-order valence-electron chi connectivity index (χ0n) is 10.7. The van der Waals surface area contributed by atoms with E-state index in [1.165, 1.54) is 0 Å². The molecule has 2 rings (SSSR count). The number of hydrogen-bond donors (Lipinski definition) is 1. The van der Waals surface area contributed by atoms with Crippen LogP contribution in [0.2, 0.25) is 0 Å². The van der Waals surface area contributed by atoms with Gasteiger partial charge in [-0.05, 0) is 38.0 Å². The molecular formula is C14H16BrNO3. The summed E-state index contributed by atoms with van der Waals surface area (Å²) in [5.74, 6) is 0.697. The minimum absolute atomic E-state index is 0.0129. The number of carbonyl (C=O) groups excluding carboxylic acids is 2. The van der Waals surface area contributed by atoms with Crippen LogP contribution in [0.15, 0.2) is 18.2 Å². The van der Waals surface area contributed by atoms with Crippen LogP contribution in [-0.2, 0) is 4.79 Å². The smallest absolute Gasteiger partial charge is 0.227 e. The van der Waals surface area contributed by atoms with Gasteiger partial charge in [0.25, 0.3) is 0 Å². The maximum absolute atomic E-state index is 11.8. The molecule has 1 aromatic rings. The molecule has 1 N–H and O–H groups in total. The van der Waals surface area contributed by atoms with Crippen LogP contribution in [0.3, 0.4) is 0 Å². The number of carbonyl (C=O) groups is 2. The van der Waals surface area contributed by atoms with Gasteiger partial charge in [0.15, 0.2) is 5.78 Å². The van der Waals surface area contributed by atoms with E-state index < -0.39 is 0 Å². The van der Waals surface area contributed by atoms with Gasteiger partial charge in [-0.3, -0.25) is 9.59 Å². The molecule has 0 aliphatic heterocycles. The van der Waals surface area contributed by atoms with Crippen LogP contribution in [0.25, 0.3) is 0 Å². The molecule has 1 saturated carbocycles. The number of rotatable bonds is 6. The third-order valence-corrected chi connectivity index (χ3v) is 3.44. The Morgan fingerprint density at radius 1 is 1.42 bits per heavy atom. The van der Waals surface area contributed by atoms with Gasteiger partial charge in [0.05, 0.1) is 17.6 Å². The quantitative estimate of drug-likeness (QED) is 0.646.